The molecule has 0 radical (unpaired) electrons. The minimum atomic E-state index is -0.831. The molecule has 4 heteroatoms. The van der Waals surface area contributed by atoms with Crippen molar-refractivity contribution < 1.29 is 14.3 Å². The van der Waals surface area contributed by atoms with E-state index in [2.05, 4.69) is 5.32 Å². The molecule has 0 aliphatic rings. The van der Waals surface area contributed by atoms with E-state index >= 15 is 0 Å². The lowest BCUT2D eigenvalue weighted by Gasteiger charge is -2.23. The van der Waals surface area contributed by atoms with Crippen LogP contribution >= 0.6 is 0 Å². The van der Waals surface area contributed by atoms with E-state index in [1.807, 2.05) is 32.0 Å². The number of ether oxygens (including phenoxy) is 2. The largest absolute Gasteiger partial charge is 0.496 e. The molecule has 18 heavy (non-hydrogen) atoms. The van der Waals surface area contributed by atoms with Gasteiger partial charge in [-0.05, 0) is 51.5 Å². The van der Waals surface area contributed by atoms with Crippen molar-refractivity contribution in [3.05, 3.63) is 23.8 Å². The number of benzene rings is 1. The highest BCUT2D eigenvalue weighted by molar-refractivity contribution is 5.96. The Morgan fingerprint density at radius 2 is 2.06 bits per heavy atom. The first-order chi connectivity index (χ1) is 8.40. The summed E-state index contributed by atoms with van der Waals surface area (Å²) in [6.45, 7) is 7.81. The van der Waals surface area contributed by atoms with E-state index in [1.54, 1.807) is 21.0 Å². The molecule has 0 unspecified atom stereocenters. The monoisotopic (exact) mass is 251 g/mol. The maximum atomic E-state index is 12.0. The van der Waals surface area contributed by atoms with Crippen LogP contribution < -0.4 is 10.1 Å². The van der Waals surface area contributed by atoms with Crippen LogP contribution in [-0.2, 0) is 9.53 Å². The van der Waals surface area contributed by atoms with Crippen LogP contribution in [0.15, 0.2) is 18.2 Å². The summed E-state index contributed by atoms with van der Waals surface area (Å²) in [4.78, 5) is 12.0. The maximum Gasteiger partial charge on any atom is 0.256 e. The molecule has 0 aliphatic heterocycles. The lowest BCUT2D eigenvalue weighted by molar-refractivity contribution is -0.136. The second-order valence-corrected chi connectivity index (χ2v) is 4.58. The standard InChI is InChI=1S/C14H21NO3/c1-6-18-14(3,4)13(16)15-11-7-8-12(17-5)10(2)9-11/h7-9H,6H2,1-5H3,(H,15,16). The fourth-order valence-corrected chi connectivity index (χ4v) is 1.66. The molecular formula is C14H21NO3. The zero-order valence-electron chi connectivity index (χ0n) is 11.7. The lowest BCUT2D eigenvalue weighted by atomic mass is 10.1. The van der Waals surface area contributed by atoms with Crippen LogP contribution in [0.3, 0.4) is 0 Å². The van der Waals surface area contributed by atoms with E-state index in [9.17, 15) is 4.79 Å². The second-order valence-electron chi connectivity index (χ2n) is 4.58. The van der Waals surface area contributed by atoms with Crippen LogP contribution in [0.1, 0.15) is 26.3 Å². The maximum absolute atomic E-state index is 12.0. The summed E-state index contributed by atoms with van der Waals surface area (Å²) in [6, 6.07) is 5.52. The quantitative estimate of drug-likeness (QED) is 0.875. The van der Waals surface area contributed by atoms with Crippen molar-refractivity contribution in [1.29, 1.82) is 0 Å². The summed E-state index contributed by atoms with van der Waals surface area (Å²) in [5.41, 5.74) is 0.887. The van der Waals surface area contributed by atoms with Crippen molar-refractivity contribution in [2.75, 3.05) is 19.0 Å². The Kier molecular flexibility index (Phi) is 4.73. The smallest absolute Gasteiger partial charge is 0.256 e. The number of aryl methyl sites for hydroxylation is 1. The second kappa shape index (κ2) is 5.87. The van der Waals surface area contributed by atoms with Gasteiger partial charge in [0.25, 0.3) is 5.91 Å². The Morgan fingerprint density at radius 1 is 1.39 bits per heavy atom. The van der Waals surface area contributed by atoms with E-state index in [4.69, 9.17) is 9.47 Å². The molecule has 0 saturated carbocycles. The van der Waals surface area contributed by atoms with Gasteiger partial charge in [-0.2, -0.15) is 0 Å². The Hall–Kier alpha value is -1.55. The van der Waals surface area contributed by atoms with Gasteiger partial charge in [-0.1, -0.05) is 0 Å². The summed E-state index contributed by atoms with van der Waals surface area (Å²) in [5, 5.41) is 2.84. The first kappa shape index (κ1) is 14.5. The molecule has 1 aromatic carbocycles. The van der Waals surface area contributed by atoms with Gasteiger partial charge in [-0.15, -0.1) is 0 Å². The molecule has 0 fully saturated rings. The number of nitrogens with one attached hydrogen (secondary N) is 1. The van der Waals surface area contributed by atoms with Crippen molar-refractivity contribution in [2.45, 2.75) is 33.3 Å². The molecule has 0 aromatic heterocycles. The van der Waals surface area contributed by atoms with Gasteiger partial charge < -0.3 is 14.8 Å². The van der Waals surface area contributed by atoms with Crippen molar-refractivity contribution in [3.8, 4) is 5.75 Å². The SMILES string of the molecule is CCOC(C)(C)C(=O)Nc1ccc(OC)c(C)c1. The zero-order chi connectivity index (χ0) is 13.8. The fourth-order valence-electron chi connectivity index (χ4n) is 1.66. The molecule has 0 spiro atoms. The molecule has 0 bridgehead atoms. The number of hydrogen-bond donors (Lipinski definition) is 1. The Morgan fingerprint density at radius 3 is 2.56 bits per heavy atom. The minimum Gasteiger partial charge on any atom is -0.496 e. The number of rotatable bonds is 5. The van der Waals surface area contributed by atoms with Crippen LogP contribution in [-0.4, -0.2) is 25.2 Å². The number of amides is 1. The third-order valence-corrected chi connectivity index (χ3v) is 2.70. The molecule has 4 nitrogen and oxygen atoms in total. The number of anilines is 1. The van der Waals surface area contributed by atoms with Gasteiger partial charge in [0.2, 0.25) is 0 Å². The molecule has 0 atom stereocenters. The predicted octanol–water partition coefficient (Wildman–Crippen LogP) is 2.76. The van der Waals surface area contributed by atoms with Crippen LogP contribution in [0.5, 0.6) is 5.75 Å². The first-order valence-electron chi connectivity index (χ1n) is 6.00. The average Bonchev–Trinajstić information content (AvgIpc) is 2.29. The number of carbonyl (C=O) groups is 1. The van der Waals surface area contributed by atoms with Gasteiger partial charge in [-0.25, -0.2) is 0 Å². The Balaban J connectivity index is 2.79. The molecule has 1 N–H and O–H groups in total. The number of methoxy groups -OCH3 is 1. The Bertz CT molecular complexity index is 427. The van der Waals surface area contributed by atoms with Crippen molar-refractivity contribution >= 4 is 11.6 Å². The fraction of sp³-hybridized carbons (Fsp3) is 0.500. The summed E-state index contributed by atoms with van der Waals surface area (Å²) in [6.07, 6.45) is 0. The van der Waals surface area contributed by atoms with Crippen molar-refractivity contribution in [1.82, 2.24) is 0 Å². The van der Waals surface area contributed by atoms with Crippen LogP contribution in [0.2, 0.25) is 0 Å². The summed E-state index contributed by atoms with van der Waals surface area (Å²) in [7, 11) is 1.62. The van der Waals surface area contributed by atoms with E-state index in [0.29, 0.717) is 6.61 Å². The Labute approximate surface area is 108 Å². The van der Waals surface area contributed by atoms with Gasteiger partial charge in [0, 0.05) is 12.3 Å². The summed E-state index contributed by atoms with van der Waals surface area (Å²) in [5.74, 6) is 0.644. The average molecular weight is 251 g/mol. The zero-order valence-corrected chi connectivity index (χ0v) is 11.7. The third-order valence-electron chi connectivity index (χ3n) is 2.70. The van der Waals surface area contributed by atoms with E-state index in [0.717, 1.165) is 17.0 Å². The van der Waals surface area contributed by atoms with E-state index in [-0.39, 0.29) is 5.91 Å². The predicted molar refractivity (Wildman–Crippen MR) is 72.1 cm³/mol. The number of hydrogen-bond acceptors (Lipinski definition) is 3. The van der Waals surface area contributed by atoms with Gasteiger partial charge in [-0.3, -0.25) is 4.79 Å². The van der Waals surface area contributed by atoms with Gasteiger partial charge in [0.1, 0.15) is 11.4 Å². The summed E-state index contributed by atoms with van der Waals surface area (Å²) >= 11 is 0. The third kappa shape index (κ3) is 3.47. The molecule has 1 aromatic rings. The molecule has 0 saturated heterocycles. The highest BCUT2D eigenvalue weighted by atomic mass is 16.5. The molecular weight excluding hydrogens is 230 g/mol. The van der Waals surface area contributed by atoms with Gasteiger partial charge in [0.05, 0.1) is 7.11 Å². The van der Waals surface area contributed by atoms with Crippen LogP contribution in [0.25, 0.3) is 0 Å². The molecule has 1 amide bonds. The van der Waals surface area contributed by atoms with Crippen LogP contribution in [0, 0.1) is 6.92 Å². The molecule has 0 aliphatic carbocycles. The normalized spacial score (nSPS) is 11.2. The van der Waals surface area contributed by atoms with Crippen LogP contribution in [0.4, 0.5) is 5.69 Å². The highest BCUT2D eigenvalue weighted by Crippen LogP contribution is 2.22. The topological polar surface area (TPSA) is 47.6 Å². The lowest BCUT2D eigenvalue weighted by Crippen LogP contribution is -2.39. The van der Waals surface area contributed by atoms with Crippen molar-refractivity contribution in [2.24, 2.45) is 0 Å². The molecule has 1 rings (SSSR count). The van der Waals surface area contributed by atoms with Gasteiger partial charge >= 0.3 is 0 Å². The molecule has 100 valence electrons. The highest BCUT2D eigenvalue weighted by Gasteiger charge is 2.27. The minimum absolute atomic E-state index is 0.158. The molecule has 0 heterocycles. The van der Waals surface area contributed by atoms with E-state index in [1.165, 1.54) is 0 Å². The first-order valence-corrected chi connectivity index (χ1v) is 6.00. The van der Waals surface area contributed by atoms with E-state index < -0.39 is 5.60 Å². The van der Waals surface area contributed by atoms with Gasteiger partial charge in [0.15, 0.2) is 0 Å². The van der Waals surface area contributed by atoms with Crippen molar-refractivity contribution in [3.63, 3.8) is 0 Å². The summed E-state index contributed by atoms with van der Waals surface area (Å²) < 4.78 is 10.6. The number of carbonyl (C=O) groups excluding carboxylic acids is 1.